The van der Waals surface area contributed by atoms with Gasteiger partial charge in [-0.15, -0.1) is 0 Å². The summed E-state index contributed by atoms with van der Waals surface area (Å²) < 4.78 is 0. The van der Waals surface area contributed by atoms with Crippen LogP contribution in [-0.2, 0) is 6.54 Å². The Kier molecular flexibility index (Phi) is 5.86. The van der Waals surface area contributed by atoms with Gasteiger partial charge in [0.1, 0.15) is 0 Å². The van der Waals surface area contributed by atoms with E-state index in [2.05, 4.69) is 55.6 Å². The number of benzene rings is 1. The fourth-order valence-electron chi connectivity index (χ4n) is 1.90. The Morgan fingerprint density at radius 3 is 2.65 bits per heavy atom. The number of hydrogen-bond donors (Lipinski definition) is 1. The highest BCUT2D eigenvalue weighted by Crippen LogP contribution is 2.20. The maximum Gasteiger partial charge on any atom is 0.0369 e. The van der Waals surface area contributed by atoms with E-state index in [1.165, 1.54) is 16.8 Å². The first-order valence-corrected chi connectivity index (χ1v) is 7.45. The molecule has 0 aliphatic carbocycles. The van der Waals surface area contributed by atoms with Gasteiger partial charge in [0, 0.05) is 31.1 Å². The summed E-state index contributed by atoms with van der Waals surface area (Å²) >= 11 is 1.90. The highest BCUT2D eigenvalue weighted by atomic mass is 32.2. The molecule has 96 valence electrons. The van der Waals surface area contributed by atoms with Crippen LogP contribution in [0.2, 0.25) is 0 Å². The number of hydrogen-bond acceptors (Lipinski definition) is 3. The van der Waals surface area contributed by atoms with Gasteiger partial charge in [-0.25, -0.2) is 0 Å². The number of nitrogens with one attached hydrogen (secondary N) is 1. The smallest absolute Gasteiger partial charge is 0.0369 e. The maximum atomic E-state index is 3.20. The van der Waals surface area contributed by atoms with Crippen molar-refractivity contribution >= 4 is 17.4 Å². The van der Waals surface area contributed by atoms with Crippen LogP contribution in [0.4, 0.5) is 5.69 Å². The fraction of sp³-hybridized carbons (Fsp3) is 0.571. The van der Waals surface area contributed by atoms with E-state index in [4.69, 9.17) is 0 Å². The molecule has 0 bridgehead atoms. The molecule has 0 aliphatic heterocycles. The summed E-state index contributed by atoms with van der Waals surface area (Å²) in [7, 11) is 4.16. The lowest BCUT2D eigenvalue weighted by Crippen LogP contribution is -2.30. The Bertz CT molecular complexity index is 352. The molecule has 0 fully saturated rings. The van der Waals surface area contributed by atoms with E-state index in [1.54, 1.807) is 0 Å². The Labute approximate surface area is 110 Å². The molecule has 0 amide bonds. The van der Waals surface area contributed by atoms with E-state index in [1.807, 2.05) is 18.8 Å². The minimum absolute atomic E-state index is 0.569. The molecule has 0 heterocycles. The third-order valence-electron chi connectivity index (χ3n) is 3.17. The molecule has 1 atom stereocenters. The Morgan fingerprint density at radius 1 is 1.41 bits per heavy atom. The quantitative estimate of drug-likeness (QED) is 0.838. The van der Waals surface area contributed by atoms with Gasteiger partial charge in [-0.1, -0.05) is 6.07 Å². The molecule has 0 saturated carbocycles. The molecule has 2 nitrogen and oxygen atoms in total. The largest absolute Gasteiger partial charge is 0.371 e. The minimum Gasteiger partial charge on any atom is -0.371 e. The molecule has 0 aliphatic rings. The van der Waals surface area contributed by atoms with Gasteiger partial charge in [0.2, 0.25) is 0 Å². The molecular formula is C14H24N2S. The van der Waals surface area contributed by atoms with Gasteiger partial charge in [0.15, 0.2) is 0 Å². The van der Waals surface area contributed by atoms with Crippen LogP contribution >= 0.6 is 11.8 Å². The Morgan fingerprint density at radius 2 is 2.12 bits per heavy atom. The van der Waals surface area contributed by atoms with E-state index >= 15 is 0 Å². The number of rotatable bonds is 6. The second-order valence-corrected chi connectivity index (χ2v) is 5.47. The zero-order valence-electron chi connectivity index (χ0n) is 11.6. The van der Waals surface area contributed by atoms with E-state index in [0.29, 0.717) is 6.04 Å². The lowest BCUT2D eigenvalue weighted by molar-refractivity contribution is 0.763. The summed E-state index contributed by atoms with van der Waals surface area (Å²) in [6, 6.07) is 7.29. The van der Waals surface area contributed by atoms with Gasteiger partial charge in [0.05, 0.1) is 0 Å². The van der Waals surface area contributed by atoms with Crippen LogP contribution in [0.15, 0.2) is 18.2 Å². The summed E-state index contributed by atoms with van der Waals surface area (Å²) in [5.74, 6) is 1.16. The van der Waals surface area contributed by atoms with Crippen LogP contribution in [0.25, 0.3) is 0 Å². The number of nitrogens with zero attached hydrogens (tertiary/aromatic N) is 1. The van der Waals surface area contributed by atoms with Gasteiger partial charge in [-0.2, -0.15) is 11.8 Å². The van der Waals surface area contributed by atoms with Crippen LogP contribution in [-0.4, -0.2) is 32.1 Å². The van der Waals surface area contributed by atoms with Crippen molar-refractivity contribution in [2.24, 2.45) is 0 Å². The first-order chi connectivity index (χ1) is 8.10. The second kappa shape index (κ2) is 6.92. The van der Waals surface area contributed by atoms with Gasteiger partial charge >= 0.3 is 0 Å². The standard InChI is InChI=1S/C14H24N2S/c1-11-8-14(7-6-13(11)9-15-3)16(4)12(2)10-17-5/h6-8,12,15H,9-10H2,1-5H3. The molecule has 0 radical (unpaired) electrons. The Balaban J connectivity index is 2.81. The van der Waals surface area contributed by atoms with Crippen molar-refractivity contribution in [3.8, 4) is 0 Å². The molecule has 1 aromatic carbocycles. The lowest BCUT2D eigenvalue weighted by Gasteiger charge is -2.27. The van der Waals surface area contributed by atoms with Gasteiger partial charge in [0.25, 0.3) is 0 Å². The van der Waals surface area contributed by atoms with Crippen molar-refractivity contribution in [3.63, 3.8) is 0 Å². The van der Waals surface area contributed by atoms with Gasteiger partial charge in [-0.3, -0.25) is 0 Å². The molecule has 0 spiro atoms. The van der Waals surface area contributed by atoms with Gasteiger partial charge < -0.3 is 10.2 Å². The summed E-state index contributed by atoms with van der Waals surface area (Å²) in [6.07, 6.45) is 2.16. The summed E-state index contributed by atoms with van der Waals surface area (Å²) in [4.78, 5) is 2.35. The van der Waals surface area contributed by atoms with E-state index < -0.39 is 0 Å². The zero-order valence-corrected chi connectivity index (χ0v) is 12.4. The average Bonchev–Trinajstić information content (AvgIpc) is 2.31. The number of anilines is 1. The van der Waals surface area contributed by atoms with E-state index in [0.717, 1.165) is 12.3 Å². The molecule has 0 saturated heterocycles. The van der Waals surface area contributed by atoms with Crippen LogP contribution < -0.4 is 10.2 Å². The van der Waals surface area contributed by atoms with Crippen molar-refractivity contribution in [1.82, 2.24) is 5.32 Å². The van der Waals surface area contributed by atoms with E-state index in [-0.39, 0.29) is 0 Å². The van der Waals surface area contributed by atoms with Crippen LogP contribution in [0.3, 0.4) is 0 Å². The normalized spacial score (nSPS) is 12.5. The maximum absolute atomic E-state index is 3.20. The third kappa shape index (κ3) is 3.93. The monoisotopic (exact) mass is 252 g/mol. The highest BCUT2D eigenvalue weighted by molar-refractivity contribution is 7.98. The SMILES string of the molecule is CNCc1ccc(N(C)C(C)CSC)cc1C. The minimum atomic E-state index is 0.569. The lowest BCUT2D eigenvalue weighted by atomic mass is 10.1. The molecule has 1 N–H and O–H groups in total. The molecule has 17 heavy (non-hydrogen) atoms. The number of thioether (sulfide) groups is 1. The molecule has 3 heteroatoms. The highest BCUT2D eigenvalue weighted by Gasteiger charge is 2.10. The van der Waals surface area contributed by atoms with Crippen LogP contribution in [0.5, 0.6) is 0 Å². The molecular weight excluding hydrogens is 228 g/mol. The topological polar surface area (TPSA) is 15.3 Å². The first-order valence-electron chi connectivity index (χ1n) is 6.06. The second-order valence-electron chi connectivity index (χ2n) is 4.56. The molecule has 1 unspecified atom stereocenters. The van der Waals surface area contributed by atoms with Crippen molar-refractivity contribution < 1.29 is 0 Å². The predicted molar refractivity (Wildman–Crippen MR) is 80.2 cm³/mol. The van der Waals surface area contributed by atoms with E-state index in [9.17, 15) is 0 Å². The number of aryl methyl sites for hydroxylation is 1. The summed E-state index contributed by atoms with van der Waals surface area (Å²) in [6.45, 7) is 5.40. The zero-order chi connectivity index (χ0) is 12.8. The Hall–Kier alpha value is -0.670. The van der Waals surface area contributed by atoms with Crippen molar-refractivity contribution in [2.75, 3.05) is 31.0 Å². The van der Waals surface area contributed by atoms with Crippen molar-refractivity contribution in [2.45, 2.75) is 26.4 Å². The van der Waals surface area contributed by atoms with Crippen molar-refractivity contribution in [1.29, 1.82) is 0 Å². The molecule has 1 rings (SSSR count). The van der Waals surface area contributed by atoms with Crippen LogP contribution in [0.1, 0.15) is 18.1 Å². The third-order valence-corrected chi connectivity index (χ3v) is 3.99. The van der Waals surface area contributed by atoms with Crippen molar-refractivity contribution in [3.05, 3.63) is 29.3 Å². The molecule has 1 aromatic rings. The predicted octanol–water partition coefficient (Wildman–Crippen LogP) is 2.90. The van der Waals surface area contributed by atoms with Crippen LogP contribution in [0, 0.1) is 6.92 Å². The summed E-state index contributed by atoms with van der Waals surface area (Å²) in [5.41, 5.74) is 4.05. The molecule has 0 aromatic heterocycles. The average molecular weight is 252 g/mol. The van der Waals surface area contributed by atoms with Gasteiger partial charge in [-0.05, 0) is 50.4 Å². The fourth-order valence-corrected chi connectivity index (χ4v) is 2.60. The first kappa shape index (κ1) is 14.4. The summed E-state index contributed by atoms with van der Waals surface area (Å²) in [5, 5.41) is 3.20.